The van der Waals surface area contributed by atoms with Crippen molar-refractivity contribution in [1.82, 2.24) is 4.57 Å². The minimum absolute atomic E-state index is 0.0326. The third-order valence-electron chi connectivity index (χ3n) is 5.39. The number of aliphatic hydroxyl groups excluding tert-OH is 1. The molecule has 0 aliphatic carbocycles. The van der Waals surface area contributed by atoms with E-state index in [1.807, 2.05) is 48.5 Å². The first-order valence-electron chi connectivity index (χ1n) is 9.99. The van der Waals surface area contributed by atoms with Gasteiger partial charge in [-0.3, -0.25) is 9.36 Å². The molecular formula is C24H23NO6. The molecular weight excluding hydrogens is 398 g/mol. The average Bonchev–Trinajstić information content (AvgIpc) is 3.18. The summed E-state index contributed by atoms with van der Waals surface area (Å²) in [5.41, 5.74) is 3.32. The number of benzene rings is 2. The second-order valence-corrected chi connectivity index (χ2v) is 7.50. The number of para-hydroxylation sites is 1. The molecule has 0 saturated heterocycles. The SMILES string of the molecule is CC(=O)n1cc([C@@H]2C=C(C(=O)O)O[C@H](OCc3ccc(CO)cc3)C2)c2ccccc21. The molecule has 2 atom stereocenters. The van der Waals surface area contributed by atoms with Crippen molar-refractivity contribution in [2.45, 2.75) is 38.8 Å². The normalized spacial score (nSPS) is 18.5. The van der Waals surface area contributed by atoms with Gasteiger partial charge in [-0.2, -0.15) is 0 Å². The van der Waals surface area contributed by atoms with E-state index in [0.29, 0.717) is 6.42 Å². The van der Waals surface area contributed by atoms with Gasteiger partial charge in [0.15, 0.2) is 0 Å². The molecule has 2 N–H and O–H groups in total. The van der Waals surface area contributed by atoms with Gasteiger partial charge in [0.2, 0.25) is 18.0 Å². The molecule has 3 aromatic rings. The fourth-order valence-electron chi connectivity index (χ4n) is 3.82. The second kappa shape index (κ2) is 8.75. The molecule has 4 rings (SSSR count). The number of rotatable bonds is 6. The van der Waals surface area contributed by atoms with Crippen LogP contribution in [0, 0.1) is 0 Å². The van der Waals surface area contributed by atoms with Crippen LogP contribution >= 0.6 is 0 Å². The van der Waals surface area contributed by atoms with E-state index in [4.69, 9.17) is 14.6 Å². The monoisotopic (exact) mass is 421 g/mol. The highest BCUT2D eigenvalue weighted by Gasteiger charge is 2.30. The van der Waals surface area contributed by atoms with E-state index >= 15 is 0 Å². The largest absolute Gasteiger partial charge is 0.475 e. The van der Waals surface area contributed by atoms with E-state index < -0.39 is 12.3 Å². The van der Waals surface area contributed by atoms with Gasteiger partial charge in [-0.1, -0.05) is 42.5 Å². The molecule has 31 heavy (non-hydrogen) atoms. The molecule has 2 aromatic carbocycles. The summed E-state index contributed by atoms with van der Waals surface area (Å²) in [7, 11) is 0. The summed E-state index contributed by atoms with van der Waals surface area (Å²) in [4.78, 5) is 23.8. The molecule has 1 aromatic heterocycles. The minimum atomic E-state index is -1.17. The highest BCUT2D eigenvalue weighted by atomic mass is 16.7. The molecule has 1 aliphatic rings. The Kier molecular flexibility index (Phi) is 5.88. The number of aromatic nitrogens is 1. The summed E-state index contributed by atoms with van der Waals surface area (Å²) >= 11 is 0. The molecule has 7 heteroatoms. The summed E-state index contributed by atoms with van der Waals surface area (Å²) in [5.74, 6) is -1.74. The number of fused-ring (bicyclic) bond motifs is 1. The van der Waals surface area contributed by atoms with Gasteiger partial charge in [-0.05, 0) is 28.8 Å². The molecule has 0 amide bonds. The molecule has 0 unspecified atom stereocenters. The van der Waals surface area contributed by atoms with Crippen molar-refractivity contribution in [3.63, 3.8) is 0 Å². The van der Waals surface area contributed by atoms with Crippen molar-refractivity contribution < 1.29 is 29.3 Å². The number of nitrogens with zero attached hydrogens (tertiary/aromatic N) is 1. The van der Waals surface area contributed by atoms with Crippen LogP contribution in [0.15, 0.2) is 66.6 Å². The van der Waals surface area contributed by atoms with Crippen molar-refractivity contribution in [2.75, 3.05) is 0 Å². The maximum Gasteiger partial charge on any atom is 0.370 e. The van der Waals surface area contributed by atoms with Crippen LogP contribution in [0.3, 0.4) is 0 Å². The zero-order chi connectivity index (χ0) is 22.0. The number of aliphatic hydroxyl groups is 1. The summed E-state index contributed by atoms with van der Waals surface area (Å²) in [6, 6.07) is 14.9. The Hall–Kier alpha value is -3.42. The second-order valence-electron chi connectivity index (χ2n) is 7.50. The predicted molar refractivity (Wildman–Crippen MR) is 113 cm³/mol. The van der Waals surface area contributed by atoms with Gasteiger partial charge >= 0.3 is 5.97 Å². The quantitative estimate of drug-likeness (QED) is 0.628. The lowest BCUT2D eigenvalue weighted by Gasteiger charge is -2.28. The number of carboxylic acids is 1. The number of allylic oxidation sites excluding steroid dienone is 1. The Balaban J connectivity index is 1.60. The lowest BCUT2D eigenvalue weighted by atomic mass is 9.92. The Labute approximate surface area is 179 Å². The van der Waals surface area contributed by atoms with E-state index in [0.717, 1.165) is 27.6 Å². The summed E-state index contributed by atoms with van der Waals surface area (Å²) in [5, 5.41) is 19.6. The van der Waals surface area contributed by atoms with Gasteiger partial charge in [0.1, 0.15) is 0 Å². The minimum Gasteiger partial charge on any atom is -0.475 e. The Bertz CT molecular complexity index is 1140. The van der Waals surface area contributed by atoms with E-state index in [1.54, 1.807) is 16.8 Å². The molecule has 0 saturated carbocycles. The predicted octanol–water partition coefficient (Wildman–Crippen LogP) is 3.81. The lowest BCUT2D eigenvalue weighted by Crippen LogP contribution is -2.26. The van der Waals surface area contributed by atoms with Gasteiger partial charge in [0.05, 0.1) is 18.7 Å². The fourth-order valence-corrected chi connectivity index (χ4v) is 3.82. The average molecular weight is 421 g/mol. The molecule has 0 bridgehead atoms. The lowest BCUT2D eigenvalue weighted by molar-refractivity contribution is -0.159. The van der Waals surface area contributed by atoms with Crippen LogP contribution in [0.5, 0.6) is 0 Å². The van der Waals surface area contributed by atoms with Crippen LogP contribution in [0.2, 0.25) is 0 Å². The van der Waals surface area contributed by atoms with Crippen LogP contribution in [0.25, 0.3) is 10.9 Å². The highest BCUT2D eigenvalue weighted by Crippen LogP contribution is 2.36. The van der Waals surface area contributed by atoms with Crippen molar-refractivity contribution >= 4 is 22.8 Å². The molecule has 2 heterocycles. The molecule has 0 radical (unpaired) electrons. The summed E-state index contributed by atoms with van der Waals surface area (Å²) < 4.78 is 13.0. The van der Waals surface area contributed by atoms with Crippen LogP contribution in [0.1, 0.15) is 40.7 Å². The zero-order valence-corrected chi connectivity index (χ0v) is 17.0. The zero-order valence-electron chi connectivity index (χ0n) is 17.0. The van der Waals surface area contributed by atoms with Crippen molar-refractivity contribution in [1.29, 1.82) is 0 Å². The number of carbonyl (C=O) groups is 2. The Morgan fingerprint density at radius 1 is 1.13 bits per heavy atom. The highest BCUT2D eigenvalue weighted by molar-refractivity contribution is 5.94. The van der Waals surface area contributed by atoms with E-state index in [-0.39, 0.29) is 30.8 Å². The van der Waals surface area contributed by atoms with Crippen LogP contribution < -0.4 is 0 Å². The number of hydrogen-bond acceptors (Lipinski definition) is 5. The standard InChI is InChI=1S/C24H23NO6/c1-15(27)25-12-20(19-4-2-3-5-21(19)25)18-10-22(24(28)29)31-23(11-18)30-14-17-8-6-16(13-26)7-9-17/h2-10,12,18,23,26H,11,13-14H2,1H3,(H,28,29)/t18-,23+/m1/s1. The smallest absolute Gasteiger partial charge is 0.370 e. The number of ether oxygens (including phenoxy) is 2. The molecule has 7 nitrogen and oxygen atoms in total. The van der Waals surface area contributed by atoms with Gasteiger partial charge in [0, 0.05) is 30.8 Å². The molecule has 0 fully saturated rings. The van der Waals surface area contributed by atoms with Crippen LogP contribution in [-0.4, -0.2) is 32.9 Å². The van der Waals surface area contributed by atoms with Crippen molar-refractivity contribution in [3.8, 4) is 0 Å². The number of hydrogen-bond donors (Lipinski definition) is 2. The molecule has 0 spiro atoms. The van der Waals surface area contributed by atoms with Crippen LogP contribution in [-0.2, 0) is 27.5 Å². The topological polar surface area (TPSA) is 98.0 Å². The maximum atomic E-state index is 12.1. The fraction of sp³-hybridized carbons (Fsp3) is 0.250. The Morgan fingerprint density at radius 3 is 2.52 bits per heavy atom. The first kappa shape index (κ1) is 20.8. The molecule has 1 aliphatic heterocycles. The first-order chi connectivity index (χ1) is 15.0. The summed E-state index contributed by atoms with van der Waals surface area (Å²) in [6.07, 6.45) is 3.00. The van der Waals surface area contributed by atoms with E-state index in [2.05, 4.69) is 0 Å². The van der Waals surface area contributed by atoms with Crippen molar-refractivity contribution in [3.05, 3.63) is 83.3 Å². The third-order valence-corrected chi connectivity index (χ3v) is 5.39. The first-order valence-corrected chi connectivity index (χ1v) is 9.99. The number of aliphatic carboxylic acids is 1. The third kappa shape index (κ3) is 4.38. The molecule has 160 valence electrons. The maximum absolute atomic E-state index is 12.1. The number of carboxylic acid groups (broad SMARTS) is 1. The van der Waals surface area contributed by atoms with Crippen LogP contribution in [0.4, 0.5) is 0 Å². The van der Waals surface area contributed by atoms with Gasteiger partial charge in [-0.25, -0.2) is 4.79 Å². The van der Waals surface area contributed by atoms with Gasteiger partial charge in [0.25, 0.3) is 0 Å². The van der Waals surface area contributed by atoms with Crippen molar-refractivity contribution in [2.24, 2.45) is 0 Å². The summed E-state index contributed by atoms with van der Waals surface area (Å²) in [6.45, 7) is 1.70. The van der Waals surface area contributed by atoms with Gasteiger partial charge in [-0.15, -0.1) is 0 Å². The van der Waals surface area contributed by atoms with E-state index in [9.17, 15) is 14.7 Å². The Morgan fingerprint density at radius 2 is 1.84 bits per heavy atom. The number of carbonyl (C=O) groups excluding carboxylic acids is 1. The van der Waals surface area contributed by atoms with E-state index in [1.165, 1.54) is 6.92 Å². The van der Waals surface area contributed by atoms with Gasteiger partial charge < -0.3 is 19.7 Å².